The first-order valence-corrected chi connectivity index (χ1v) is 8.04. The zero-order valence-corrected chi connectivity index (χ0v) is 13.7. The van der Waals surface area contributed by atoms with Gasteiger partial charge in [0.15, 0.2) is 5.78 Å². The van der Waals surface area contributed by atoms with Crippen LogP contribution in [0.5, 0.6) is 5.75 Å². The van der Waals surface area contributed by atoms with Crippen LogP contribution in [0.1, 0.15) is 34.3 Å². The number of hydrogen-bond acceptors (Lipinski definition) is 2. The molecule has 0 bridgehead atoms. The molecule has 2 nitrogen and oxygen atoms in total. The molecule has 0 heterocycles. The highest BCUT2D eigenvalue weighted by atomic mass is 79.9. The number of benzene rings is 2. The van der Waals surface area contributed by atoms with Crippen LogP contribution in [0.3, 0.4) is 0 Å². The molecule has 21 heavy (non-hydrogen) atoms. The average molecular weight is 366 g/mol. The minimum atomic E-state index is 0.211. The largest absolute Gasteiger partial charge is 0.489 e. The summed E-state index contributed by atoms with van der Waals surface area (Å²) in [4.78, 5) is 11.9. The topological polar surface area (TPSA) is 26.3 Å². The molecule has 108 valence electrons. The third-order valence-electron chi connectivity index (χ3n) is 3.66. The Kier molecular flexibility index (Phi) is 4.32. The van der Waals surface area contributed by atoms with Crippen LogP contribution >= 0.6 is 27.5 Å². The van der Waals surface area contributed by atoms with Gasteiger partial charge >= 0.3 is 0 Å². The van der Waals surface area contributed by atoms with Gasteiger partial charge in [0.1, 0.15) is 12.4 Å². The molecule has 0 spiro atoms. The normalized spacial score (nSPS) is 13.9. The fourth-order valence-electron chi connectivity index (χ4n) is 2.57. The number of ketones is 1. The van der Waals surface area contributed by atoms with E-state index < -0.39 is 0 Å². The molecule has 1 aliphatic carbocycles. The third-order valence-corrected chi connectivity index (χ3v) is 4.51. The fraction of sp³-hybridized carbons (Fsp3) is 0.235. The van der Waals surface area contributed by atoms with E-state index in [0.717, 1.165) is 39.8 Å². The maximum Gasteiger partial charge on any atom is 0.163 e. The molecule has 2 aromatic rings. The maximum atomic E-state index is 11.9. The molecule has 0 unspecified atom stereocenters. The van der Waals surface area contributed by atoms with Crippen molar-refractivity contribution in [2.75, 3.05) is 0 Å². The van der Waals surface area contributed by atoms with Crippen molar-refractivity contribution in [2.45, 2.75) is 25.9 Å². The number of rotatable bonds is 3. The van der Waals surface area contributed by atoms with Crippen molar-refractivity contribution < 1.29 is 9.53 Å². The lowest BCUT2D eigenvalue weighted by Gasteiger charge is -2.18. The van der Waals surface area contributed by atoms with Gasteiger partial charge in [0.2, 0.25) is 0 Å². The SMILES string of the molecule is O=C1CCCc2c(OCc3ccc(Br)cc3Cl)cccc21. The number of fused-ring (bicyclic) bond motifs is 1. The summed E-state index contributed by atoms with van der Waals surface area (Å²) in [5.74, 6) is 1.00. The van der Waals surface area contributed by atoms with Crippen LogP contribution in [0.4, 0.5) is 0 Å². The van der Waals surface area contributed by atoms with E-state index in [1.54, 1.807) is 0 Å². The van der Waals surface area contributed by atoms with E-state index in [2.05, 4.69) is 15.9 Å². The van der Waals surface area contributed by atoms with Crippen LogP contribution in [0.25, 0.3) is 0 Å². The lowest BCUT2D eigenvalue weighted by atomic mass is 9.90. The zero-order valence-electron chi connectivity index (χ0n) is 11.4. The predicted octanol–water partition coefficient (Wildman–Crippen LogP) is 5.20. The molecule has 0 saturated heterocycles. The number of carbonyl (C=O) groups excluding carboxylic acids is 1. The molecule has 0 N–H and O–H groups in total. The first kappa shape index (κ1) is 14.6. The molecular weight excluding hydrogens is 352 g/mol. The summed E-state index contributed by atoms with van der Waals surface area (Å²) >= 11 is 9.58. The minimum Gasteiger partial charge on any atom is -0.489 e. The van der Waals surface area contributed by atoms with Crippen LogP contribution < -0.4 is 4.74 Å². The van der Waals surface area contributed by atoms with Gasteiger partial charge < -0.3 is 4.74 Å². The summed E-state index contributed by atoms with van der Waals surface area (Å²) < 4.78 is 6.85. The molecule has 0 amide bonds. The highest BCUT2D eigenvalue weighted by Crippen LogP contribution is 2.31. The highest BCUT2D eigenvalue weighted by molar-refractivity contribution is 9.10. The van der Waals surface area contributed by atoms with E-state index in [4.69, 9.17) is 16.3 Å². The smallest absolute Gasteiger partial charge is 0.163 e. The van der Waals surface area contributed by atoms with Crippen molar-refractivity contribution in [3.63, 3.8) is 0 Å². The van der Waals surface area contributed by atoms with E-state index in [-0.39, 0.29) is 5.78 Å². The summed E-state index contributed by atoms with van der Waals surface area (Å²) in [7, 11) is 0. The van der Waals surface area contributed by atoms with E-state index >= 15 is 0 Å². The highest BCUT2D eigenvalue weighted by Gasteiger charge is 2.20. The monoisotopic (exact) mass is 364 g/mol. The van der Waals surface area contributed by atoms with E-state index in [0.29, 0.717) is 18.1 Å². The molecule has 0 saturated carbocycles. The first-order valence-electron chi connectivity index (χ1n) is 6.87. The van der Waals surface area contributed by atoms with E-state index in [1.165, 1.54) is 0 Å². The molecular formula is C17H14BrClO2. The Morgan fingerprint density at radius 2 is 2.05 bits per heavy atom. The number of hydrogen-bond donors (Lipinski definition) is 0. The molecule has 4 heteroatoms. The summed E-state index contributed by atoms with van der Waals surface area (Å²) in [6.07, 6.45) is 2.42. The van der Waals surface area contributed by atoms with Crippen LogP contribution in [0, 0.1) is 0 Å². The molecule has 0 aromatic heterocycles. The van der Waals surface area contributed by atoms with E-state index in [1.807, 2.05) is 36.4 Å². The lowest BCUT2D eigenvalue weighted by molar-refractivity contribution is 0.0971. The van der Waals surface area contributed by atoms with Gasteiger partial charge in [0, 0.05) is 32.6 Å². The molecule has 0 radical (unpaired) electrons. The molecule has 2 aromatic carbocycles. The Balaban J connectivity index is 1.83. The standard InChI is InChI=1S/C17H14BrClO2/c18-12-8-7-11(15(19)9-12)10-21-17-6-2-3-13-14(17)4-1-5-16(13)20/h2-3,6-9H,1,4-5,10H2. The van der Waals surface area contributed by atoms with Gasteiger partial charge in [-0.15, -0.1) is 0 Å². The van der Waals surface area contributed by atoms with Gasteiger partial charge in [-0.1, -0.05) is 45.7 Å². The number of ether oxygens (including phenoxy) is 1. The number of halogens is 2. The Bertz CT molecular complexity index is 697. The summed E-state index contributed by atoms with van der Waals surface area (Å²) in [6.45, 7) is 0.400. The fourth-order valence-corrected chi connectivity index (χ4v) is 3.30. The number of Topliss-reactive ketones (excluding diaryl/α,β-unsaturated/α-hetero) is 1. The molecule has 1 aliphatic rings. The van der Waals surface area contributed by atoms with Crippen LogP contribution in [-0.4, -0.2) is 5.78 Å². The second kappa shape index (κ2) is 6.20. The summed E-state index contributed by atoms with van der Waals surface area (Å²) in [5.41, 5.74) is 2.77. The summed E-state index contributed by atoms with van der Waals surface area (Å²) in [5, 5.41) is 0.672. The quantitative estimate of drug-likeness (QED) is 0.747. The average Bonchev–Trinajstić information content (AvgIpc) is 2.47. The molecule has 3 rings (SSSR count). The van der Waals surface area contributed by atoms with Gasteiger partial charge in [-0.2, -0.15) is 0 Å². The van der Waals surface area contributed by atoms with Crippen LogP contribution in [0.15, 0.2) is 40.9 Å². The van der Waals surface area contributed by atoms with Gasteiger partial charge in [0.25, 0.3) is 0 Å². The Morgan fingerprint density at radius 1 is 1.19 bits per heavy atom. The van der Waals surface area contributed by atoms with Crippen molar-refractivity contribution >= 4 is 33.3 Å². The Hall–Kier alpha value is -1.32. The van der Waals surface area contributed by atoms with Crippen molar-refractivity contribution in [1.29, 1.82) is 0 Å². The Morgan fingerprint density at radius 3 is 2.86 bits per heavy atom. The third kappa shape index (κ3) is 3.14. The second-order valence-corrected chi connectivity index (χ2v) is 6.41. The molecule has 0 fully saturated rings. The van der Waals surface area contributed by atoms with Crippen LogP contribution in [-0.2, 0) is 13.0 Å². The van der Waals surface area contributed by atoms with Gasteiger partial charge in [-0.25, -0.2) is 0 Å². The van der Waals surface area contributed by atoms with Crippen LogP contribution in [0.2, 0.25) is 5.02 Å². The van der Waals surface area contributed by atoms with Crippen molar-refractivity contribution in [3.8, 4) is 5.75 Å². The lowest BCUT2D eigenvalue weighted by Crippen LogP contribution is -2.12. The molecule has 0 aliphatic heterocycles. The first-order chi connectivity index (χ1) is 10.1. The second-order valence-electron chi connectivity index (χ2n) is 5.08. The Labute approximate surface area is 137 Å². The number of carbonyl (C=O) groups is 1. The van der Waals surface area contributed by atoms with Crippen molar-refractivity contribution in [1.82, 2.24) is 0 Å². The minimum absolute atomic E-state index is 0.211. The molecule has 0 atom stereocenters. The van der Waals surface area contributed by atoms with Gasteiger partial charge in [0.05, 0.1) is 0 Å². The van der Waals surface area contributed by atoms with Crippen molar-refractivity contribution in [2.24, 2.45) is 0 Å². The zero-order chi connectivity index (χ0) is 14.8. The van der Waals surface area contributed by atoms with Gasteiger partial charge in [-0.05, 0) is 31.0 Å². The summed E-state index contributed by atoms with van der Waals surface area (Å²) in [6, 6.07) is 11.4. The van der Waals surface area contributed by atoms with E-state index in [9.17, 15) is 4.79 Å². The van der Waals surface area contributed by atoms with Crippen molar-refractivity contribution in [3.05, 3.63) is 62.6 Å². The van der Waals surface area contributed by atoms with Gasteiger partial charge in [-0.3, -0.25) is 4.79 Å². The maximum absolute atomic E-state index is 11.9. The predicted molar refractivity (Wildman–Crippen MR) is 87.2 cm³/mol.